The van der Waals surface area contributed by atoms with Crippen LogP contribution in [0.4, 0.5) is 5.69 Å². The highest BCUT2D eigenvalue weighted by Crippen LogP contribution is 2.20. The van der Waals surface area contributed by atoms with Crippen molar-refractivity contribution in [1.82, 2.24) is 5.32 Å². The Labute approximate surface area is 135 Å². The Kier molecular flexibility index (Phi) is 5.59. The number of rotatable bonds is 7. The van der Waals surface area contributed by atoms with Crippen molar-refractivity contribution in [2.45, 2.75) is 11.8 Å². The van der Waals surface area contributed by atoms with Gasteiger partial charge in [-0.05, 0) is 31.2 Å². The van der Waals surface area contributed by atoms with E-state index in [1.165, 1.54) is 18.2 Å². The summed E-state index contributed by atoms with van der Waals surface area (Å²) in [5, 5.41) is 2.61. The molecule has 0 aliphatic carbocycles. The second-order valence-electron chi connectivity index (χ2n) is 4.69. The van der Waals surface area contributed by atoms with Crippen LogP contribution in [-0.2, 0) is 14.8 Å². The summed E-state index contributed by atoms with van der Waals surface area (Å²) < 4.78 is 32.3. The fraction of sp³-hybridized carbons (Fsp3) is 0.188. The molecule has 0 aliphatic rings. The molecule has 0 atom stereocenters. The Balaban J connectivity index is 2.07. The molecule has 0 unspecified atom stereocenters. The van der Waals surface area contributed by atoms with Crippen LogP contribution in [0, 0.1) is 0 Å². The minimum absolute atomic E-state index is 0.122. The Hall–Kier alpha value is -2.54. The lowest BCUT2D eigenvalue weighted by Crippen LogP contribution is -2.28. The summed E-state index contributed by atoms with van der Waals surface area (Å²) in [4.78, 5) is 11.5. The third-order valence-electron chi connectivity index (χ3n) is 2.88. The molecule has 6 nitrogen and oxygen atoms in total. The first-order chi connectivity index (χ1) is 11.0. The molecule has 23 heavy (non-hydrogen) atoms. The van der Waals surface area contributed by atoms with Crippen LogP contribution in [0.25, 0.3) is 0 Å². The van der Waals surface area contributed by atoms with Crippen molar-refractivity contribution in [3.8, 4) is 5.75 Å². The molecule has 0 heterocycles. The predicted octanol–water partition coefficient (Wildman–Crippen LogP) is 2.00. The largest absolute Gasteiger partial charge is 0.484 e. The molecule has 2 rings (SSSR count). The number of sulfonamides is 1. The highest BCUT2D eigenvalue weighted by molar-refractivity contribution is 7.92. The van der Waals surface area contributed by atoms with E-state index in [2.05, 4.69) is 10.0 Å². The van der Waals surface area contributed by atoms with Crippen LogP contribution in [0.1, 0.15) is 6.92 Å². The molecule has 0 saturated carbocycles. The smallest absolute Gasteiger partial charge is 0.261 e. The number of hydrogen-bond donors (Lipinski definition) is 2. The van der Waals surface area contributed by atoms with E-state index < -0.39 is 10.0 Å². The molecule has 0 radical (unpaired) electrons. The quantitative estimate of drug-likeness (QED) is 0.811. The van der Waals surface area contributed by atoms with Gasteiger partial charge in [-0.15, -0.1) is 0 Å². The van der Waals surface area contributed by atoms with E-state index in [1.807, 2.05) is 6.92 Å². The summed E-state index contributed by atoms with van der Waals surface area (Å²) in [5.74, 6) is 0.173. The summed E-state index contributed by atoms with van der Waals surface area (Å²) in [6.07, 6.45) is 0. The number of anilines is 1. The van der Waals surface area contributed by atoms with Crippen LogP contribution >= 0.6 is 0 Å². The Morgan fingerprint density at radius 3 is 2.52 bits per heavy atom. The van der Waals surface area contributed by atoms with Crippen molar-refractivity contribution in [3.05, 3.63) is 54.6 Å². The van der Waals surface area contributed by atoms with Gasteiger partial charge in [0, 0.05) is 12.6 Å². The predicted molar refractivity (Wildman–Crippen MR) is 87.9 cm³/mol. The van der Waals surface area contributed by atoms with Crippen LogP contribution in [0.3, 0.4) is 0 Å². The van der Waals surface area contributed by atoms with Gasteiger partial charge in [0.1, 0.15) is 5.75 Å². The number of carbonyl (C=O) groups excluding carboxylic acids is 1. The molecule has 0 saturated heterocycles. The molecule has 122 valence electrons. The topological polar surface area (TPSA) is 84.5 Å². The third kappa shape index (κ3) is 5.00. The molecule has 7 heteroatoms. The lowest BCUT2D eigenvalue weighted by atomic mass is 10.3. The van der Waals surface area contributed by atoms with Crippen LogP contribution in [0.5, 0.6) is 5.75 Å². The van der Waals surface area contributed by atoms with Crippen LogP contribution in [-0.4, -0.2) is 27.5 Å². The Morgan fingerprint density at radius 2 is 1.83 bits per heavy atom. The average Bonchev–Trinajstić information content (AvgIpc) is 2.54. The van der Waals surface area contributed by atoms with E-state index in [1.54, 1.807) is 36.4 Å². The van der Waals surface area contributed by atoms with Crippen LogP contribution in [0.2, 0.25) is 0 Å². The zero-order valence-electron chi connectivity index (χ0n) is 12.7. The van der Waals surface area contributed by atoms with Gasteiger partial charge in [0.05, 0.1) is 10.6 Å². The van der Waals surface area contributed by atoms with Gasteiger partial charge >= 0.3 is 0 Å². The van der Waals surface area contributed by atoms with Gasteiger partial charge in [0.2, 0.25) is 0 Å². The highest BCUT2D eigenvalue weighted by Gasteiger charge is 2.13. The van der Waals surface area contributed by atoms with Crippen LogP contribution < -0.4 is 14.8 Å². The van der Waals surface area contributed by atoms with Crippen molar-refractivity contribution >= 4 is 21.6 Å². The van der Waals surface area contributed by atoms with Gasteiger partial charge in [-0.1, -0.05) is 24.3 Å². The van der Waals surface area contributed by atoms with E-state index in [4.69, 9.17) is 4.74 Å². The minimum Gasteiger partial charge on any atom is -0.484 e. The molecule has 0 aromatic heterocycles. The number of hydrogen-bond acceptors (Lipinski definition) is 4. The normalized spacial score (nSPS) is 10.8. The zero-order chi connectivity index (χ0) is 16.7. The SMILES string of the molecule is CCNC(=O)COc1cccc(NS(=O)(=O)c2ccccc2)c1. The first kappa shape index (κ1) is 16.8. The van der Waals surface area contributed by atoms with Crippen molar-refractivity contribution in [3.63, 3.8) is 0 Å². The summed E-state index contributed by atoms with van der Waals surface area (Å²) in [5.41, 5.74) is 0.363. The van der Waals surface area contributed by atoms with Crippen molar-refractivity contribution in [2.24, 2.45) is 0 Å². The van der Waals surface area contributed by atoms with E-state index in [0.717, 1.165) is 0 Å². The van der Waals surface area contributed by atoms with Gasteiger partial charge in [-0.25, -0.2) is 8.42 Å². The van der Waals surface area contributed by atoms with Crippen molar-refractivity contribution in [2.75, 3.05) is 17.9 Å². The Morgan fingerprint density at radius 1 is 1.09 bits per heavy atom. The molecule has 2 aromatic rings. The second kappa shape index (κ2) is 7.64. The standard InChI is InChI=1S/C16H18N2O4S/c1-2-17-16(19)12-22-14-8-6-7-13(11-14)18-23(20,21)15-9-4-3-5-10-15/h3-11,18H,2,12H2,1H3,(H,17,19). The molecule has 0 fully saturated rings. The molecule has 2 N–H and O–H groups in total. The number of likely N-dealkylation sites (N-methyl/N-ethyl adjacent to an activating group) is 1. The first-order valence-electron chi connectivity index (χ1n) is 7.08. The van der Waals surface area contributed by atoms with Crippen molar-refractivity contribution in [1.29, 1.82) is 0 Å². The lowest BCUT2D eigenvalue weighted by Gasteiger charge is -2.10. The zero-order valence-corrected chi connectivity index (χ0v) is 13.5. The fourth-order valence-corrected chi connectivity index (χ4v) is 2.93. The van der Waals surface area contributed by atoms with Gasteiger partial charge in [-0.2, -0.15) is 0 Å². The molecule has 0 aliphatic heterocycles. The van der Waals surface area contributed by atoms with Gasteiger partial charge in [0.25, 0.3) is 15.9 Å². The van der Waals surface area contributed by atoms with E-state index >= 15 is 0 Å². The molecular weight excluding hydrogens is 316 g/mol. The minimum atomic E-state index is -3.65. The van der Waals surface area contributed by atoms with Gasteiger partial charge < -0.3 is 10.1 Å². The highest BCUT2D eigenvalue weighted by atomic mass is 32.2. The maximum absolute atomic E-state index is 12.2. The molecular formula is C16H18N2O4S. The number of ether oxygens (including phenoxy) is 1. The van der Waals surface area contributed by atoms with Gasteiger partial charge in [-0.3, -0.25) is 9.52 Å². The first-order valence-corrected chi connectivity index (χ1v) is 8.57. The molecule has 2 aromatic carbocycles. The Bertz CT molecular complexity index is 761. The average molecular weight is 334 g/mol. The second-order valence-corrected chi connectivity index (χ2v) is 6.37. The molecule has 1 amide bonds. The van der Waals surface area contributed by atoms with E-state index in [-0.39, 0.29) is 17.4 Å². The maximum Gasteiger partial charge on any atom is 0.261 e. The van der Waals surface area contributed by atoms with E-state index in [0.29, 0.717) is 18.0 Å². The number of carbonyl (C=O) groups is 1. The van der Waals surface area contributed by atoms with Crippen molar-refractivity contribution < 1.29 is 17.9 Å². The van der Waals surface area contributed by atoms with E-state index in [9.17, 15) is 13.2 Å². The molecule has 0 spiro atoms. The number of nitrogens with one attached hydrogen (secondary N) is 2. The number of benzene rings is 2. The summed E-state index contributed by atoms with van der Waals surface area (Å²) in [6.45, 7) is 2.22. The third-order valence-corrected chi connectivity index (χ3v) is 4.28. The molecule has 0 bridgehead atoms. The summed E-state index contributed by atoms with van der Waals surface area (Å²) >= 11 is 0. The lowest BCUT2D eigenvalue weighted by molar-refractivity contribution is -0.122. The maximum atomic E-state index is 12.2. The number of amides is 1. The summed E-state index contributed by atoms with van der Waals surface area (Å²) in [7, 11) is -3.65. The van der Waals surface area contributed by atoms with Gasteiger partial charge in [0.15, 0.2) is 6.61 Å². The monoisotopic (exact) mass is 334 g/mol. The summed E-state index contributed by atoms with van der Waals surface area (Å²) in [6, 6.07) is 14.5. The van der Waals surface area contributed by atoms with Crippen LogP contribution in [0.15, 0.2) is 59.5 Å². The fourth-order valence-electron chi connectivity index (χ4n) is 1.86.